The molecule has 1 aromatic rings. The molecule has 0 aliphatic heterocycles. The molecule has 0 aromatic heterocycles. The molecular formula is C13H14O3S. The van der Waals surface area contributed by atoms with Crippen LogP contribution >= 0.6 is 11.8 Å². The van der Waals surface area contributed by atoms with Crippen LogP contribution in [0.15, 0.2) is 30.3 Å². The smallest absolute Gasteiger partial charge is 0.335 e. The summed E-state index contributed by atoms with van der Waals surface area (Å²) in [4.78, 5) is 21.3. The highest BCUT2D eigenvalue weighted by molar-refractivity contribution is 8.13. The van der Waals surface area contributed by atoms with Crippen LogP contribution in [0, 0.1) is 0 Å². The van der Waals surface area contributed by atoms with E-state index in [9.17, 15) is 9.59 Å². The van der Waals surface area contributed by atoms with Crippen LogP contribution in [0.3, 0.4) is 0 Å². The van der Waals surface area contributed by atoms with E-state index in [2.05, 4.69) is 0 Å². The molecule has 17 heavy (non-hydrogen) atoms. The third-order valence-corrected chi connectivity index (χ3v) is 2.90. The molecule has 90 valence electrons. The number of hydrogen-bond acceptors (Lipinski definition) is 3. The fourth-order valence-electron chi connectivity index (χ4n) is 1.23. The second-order valence-corrected chi connectivity index (χ2v) is 4.73. The largest absolute Gasteiger partial charge is 0.478 e. The van der Waals surface area contributed by atoms with Gasteiger partial charge in [-0.25, -0.2) is 4.79 Å². The SMILES string of the molecule is CC(=O)SCCC=Cc1ccc(C(=O)O)cc1. The standard InChI is InChI=1S/C13H14O3S/c1-10(14)17-9-3-2-4-11-5-7-12(8-6-11)13(15)16/h2,4-8H,3,9H2,1H3,(H,15,16). The summed E-state index contributed by atoms with van der Waals surface area (Å²) in [5.74, 6) is -0.141. The van der Waals surface area contributed by atoms with Gasteiger partial charge in [-0.05, 0) is 24.1 Å². The van der Waals surface area contributed by atoms with Crippen molar-refractivity contribution in [1.29, 1.82) is 0 Å². The van der Waals surface area contributed by atoms with Gasteiger partial charge in [0, 0.05) is 12.7 Å². The molecule has 0 aliphatic carbocycles. The summed E-state index contributed by atoms with van der Waals surface area (Å²) in [5, 5.41) is 8.85. The molecule has 0 fully saturated rings. The highest BCUT2D eigenvalue weighted by atomic mass is 32.2. The third kappa shape index (κ3) is 5.36. The number of carboxylic acids is 1. The average Bonchev–Trinajstić information content (AvgIpc) is 2.29. The monoisotopic (exact) mass is 250 g/mol. The zero-order valence-electron chi connectivity index (χ0n) is 9.55. The molecule has 0 amide bonds. The van der Waals surface area contributed by atoms with E-state index >= 15 is 0 Å². The first kappa shape index (κ1) is 13.5. The van der Waals surface area contributed by atoms with E-state index in [1.807, 2.05) is 12.2 Å². The molecule has 0 unspecified atom stereocenters. The normalized spacial score (nSPS) is 10.6. The summed E-state index contributed by atoms with van der Waals surface area (Å²) >= 11 is 1.30. The lowest BCUT2D eigenvalue weighted by Gasteiger charge is -1.96. The van der Waals surface area contributed by atoms with E-state index in [1.165, 1.54) is 11.8 Å². The molecule has 0 saturated carbocycles. The number of carbonyl (C=O) groups is 2. The van der Waals surface area contributed by atoms with Crippen molar-refractivity contribution in [1.82, 2.24) is 0 Å². The lowest BCUT2D eigenvalue weighted by Crippen LogP contribution is -1.94. The summed E-state index contributed by atoms with van der Waals surface area (Å²) in [6.45, 7) is 1.55. The second-order valence-electron chi connectivity index (χ2n) is 3.46. The average molecular weight is 250 g/mol. The fraction of sp³-hybridized carbons (Fsp3) is 0.231. The van der Waals surface area contributed by atoms with Crippen molar-refractivity contribution in [2.75, 3.05) is 5.75 Å². The lowest BCUT2D eigenvalue weighted by atomic mass is 10.1. The van der Waals surface area contributed by atoms with Crippen molar-refractivity contribution in [3.8, 4) is 0 Å². The Labute approximate surface area is 105 Å². The van der Waals surface area contributed by atoms with Crippen LogP contribution in [-0.2, 0) is 4.79 Å². The number of hydrogen-bond donors (Lipinski definition) is 1. The van der Waals surface area contributed by atoms with Gasteiger partial charge >= 0.3 is 5.97 Å². The molecule has 0 spiro atoms. The quantitative estimate of drug-likeness (QED) is 0.816. The van der Waals surface area contributed by atoms with Gasteiger partial charge in [-0.15, -0.1) is 0 Å². The summed E-state index contributed by atoms with van der Waals surface area (Å²) in [7, 11) is 0. The van der Waals surface area contributed by atoms with E-state index in [0.717, 1.165) is 17.7 Å². The van der Waals surface area contributed by atoms with Gasteiger partial charge in [0.1, 0.15) is 0 Å². The molecule has 0 radical (unpaired) electrons. The number of carboxylic acid groups (broad SMARTS) is 1. The molecule has 1 rings (SSSR count). The van der Waals surface area contributed by atoms with Gasteiger partial charge in [-0.1, -0.05) is 36.0 Å². The summed E-state index contributed by atoms with van der Waals surface area (Å²) in [6.07, 6.45) is 4.73. The van der Waals surface area contributed by atoms with Crippen LogP contribution in [-0.4, -0.2) is 21.9 Å². The Kier molecular flexibility index (Phi) is 5.49. The van der Waals surface area contributed by atoms with Crippen LogP contribution in [0.25, 0.3) is 6.08 Å². The molecule has 1 aromatic carbocycles. The minimum absolute atomic E-state index is 0.129. The minimum Gasteiger partial charge on any atom is -0.478 e. The molecule has 0 saturated heterocycles. The highest BCUT2D eigenvalue weighted by Gasteiger charge is 1.99. The minimum atomic E-state index is -0.918. The van der Waals surface area contributed by atoms with Gasteiger partial charge in [-0.2, -0.15) is 0 Å². The van der Waals surface area contributed by atoms with Crippen molar-refractivity contribution in [2.45, 2.75) is 13.3 Å². The number of thioether (sulfide) groups is 1. The van der Waals surface area contributed by atoms with Crippen LogP contribution in [0.5, 0.6) is 0 Å². The summed E-state index contributed by atoms with van der Waals surface area (Å²) < 4.78 is 0. The maximum Gasteiger partial charge on any atom is 0.335 e. The van der Waals surface area contributed by atoms with Crippen molar-refractivity contribution < 1.29 is 14.7 Å². The number of rotatable bonds is 5. The van der Waals surface area contributed by atoms with Gasteiger partial charge in [0.2, 0.25) is 0 Å². The number of benzene rings is 1. The van der Waals surface area contributed by atoms with Gasteiger partial charge in [0.15, 0.2) is 5.12 Å². The van der Waals surface area contributed by atoms with Gasteiger partial charge < -0.3 is 5.11 Å². The van der Waals surface area contributed by atoms with Crippen LogP contribution in [0.1, 0.15) is 29.3 Å². The Bertz CT molecular complexity index is 421. The molecule has 0 heterocycles. The Morgan fingerprint density at radius 2 is 1.94 bits per heavy atom. The maximum atomic E-state index is 10.7. The van der Waals surface area contributed by atoms with E-state index < -0.39 is 5.97 Å². The van der Waals surface area contributed by atoms with Gasteiger partial charge in [0.25, 0.3) is 0 Å². The van der Waals surface area contributed by atoms with Crippen LogP contribution in [0.4, 0.5) is 0 Å². The number of aromatic carboxylic acids is 1. The molecular weight excluding hydrogens is 236 g/mol. The number of carbonyl (C=O) groups excluding carboxylic acids is 1. The third-order valence-electron chi connectivity index (χ3n) is 2.06. The molecule has 1 N–H and O–H groups in total. The molecule has 0 aliphatic rings. The molecule has 4 heteroatoms. The molecule has 0 atom stereocenters. The van der Waals surface area contributed by atoms with Crippen LogP contribution < -0.4 is 0 Å². The van der Waals surface area contributed by atoms with E-state index in [1.54, 1.807) is 31.2 Å². The Morgan fingerprint density at radius 3 is 2.47 bits per heavy atom. The second kappa shape index (κ2) is 6.91. The predicted molar refractivity (Wildman–Crippen MR) is 70.2 cm³/mol. The van der Waals surface area contributed by atoms with Crippen molar-refractivity contribution in [3.05, 3.63) is 41.5 Å². The summed E-state index contributed by atoms with van der Waals surface area (Å²) in [6, 6.07) is 6.68. The first-order valence-electron chi connectivity index (χ1n) is 5.23. The first-order chi connectivity index (χ1) is 8.09. The Morgan fingerprint density at radius 1 is 1.29 bits per heavy atom. The number of allylic oxidation sites excluding steroid dienone is 1. The molecule has 0 bridgehead atoms. The fourth-order valence-corrected chi connectivity index (χ4v) is 1.77. The van der Waals surface area contributed by atoms with Crippen LogP contribution in [0.2, 0.25) is 0 Å². The zero-order chi connectivity index (χ0) is 12.7. The maximum absolute atomic E-state index is 10.7. The topological polar surface area (TPSA) is 54.4 Å². The van der Waals surface area contributed by atoms with Crippen molar-refractivity contribution in [3.63, 3.8) is 0 Å². The zero-order valence-corrected chi connectivity index (χ0v) is 10.4. The molecule has 3 nitrogen and oxygen atoms in total. The first-order valence-corrected chi connectivity index (χ1v) is 6.21. The van der Waals surface area contributed by atoms with E-state index in [0.29, 0.717) is 0 Å². The highest BCUT2D eigenvalue weighted by Crippen LogP contribution is 2.08. The lowest BCUT2D eigenvalue weighted by molar-refractivity contribution is -0.109. The van der Waals surface area contributed by atoms with Crippen molar-refractivity contribution in [2.24, 2.45) is 0 Å². The van der Waals surface area contributed by atoms with Gasteiger partial charge in [0.05, 0.1) is 5.56 Å². The van der Waals surface area contributed by atoms with E-state index in [4.69, 9.17) is 5.11 Å². The Balaban J connectivity index is 2.43. The van der Waals surface area contributed by atoms with Gasteiger partial charge in [-0.3, -0.25) is 4.79 Å². The Hall–Kier alpha value is -1.55. The predicted octanol–water partition coefficient (Wildman–Crippen LogP) is 3.07. The van der Waals surface area contributed by atoms with Crippen molar-refractivity contribution >= 4 is 28.9 Å². The van der Waals surface area contributed by atoms with E-state index in [-0.39, 0.29) is 10.7 Å². The summed E-state index contributed by atoms with van der Waals surface area (Å²) in [5.41, 5.74) is 1.25.